The van der Waals surface area contributed by atoms with Crippen LogP contribution in [0.3, 0.4) is 0 Å². The van der Waals surface area contributed by atoms with E-state index in [1.165, 1.54) is 6.08 Å². The van der Waals surface area contributed by atoms with Gasteiger partial charge >= 0.3 is 0 Å². The molecule has 0 radical (unpaired) electrons. The summed E-state index contributed by atoms with van der Waals surface area (Å²) >= 11 is 0. The van der Waals surface area contributed by atoms with E-state index >= 15 is 0 Å². The van der Waals surface area contributed by atoms with E-state index in [2.05, 4.69) is 15.3 Å². The van der Waals surface area contributed by atoms with Gasteiger partial charge in [0, 0.05) is 31.0 Å². The number of pyridine rings is 1. The molecular weight excluding hydrogens is 321 g/mol. The van der Waals surface area contributed by atoms with E-state index in [1.807, 2.05) is 4.90 Å². The first-order valence-electron chi connectivity index (χ1n) is 8.03. The first kappa shape index (κ1) is 18.4. The number of aliphatic imine (C=N–C) groups is 1. The van der Waals surface area contributed by atoms with Crippen molar-refractivity contribution in [3.63, 3.8) is 0 Å². The van der Waals surface area contributed by atoms with Crippen molar-refractivity contribution in [3.8, 4) is 0 Å². The zero-order valence-corrected chi connectivity index (χ0v) is 14.2. The molecule has 0 spiro atoms. The van der Waals surface area contributed by atoms with Gasteiger partial charge in [-0.2, -0.15) is 0 Å². The van der Waals surface area contributed by atoms with E-state index in [4.69, 9.17) is 16.9 Å². The minimum atomic E-state index is -0.793. The number of hydrogen-bond acceptors (Lipinski definition) is 6. The number of rotatable bonds is 7. The standard InChI is InChI=1S/C17H24FN7/c1-22-6-4-16(21)23-10-14(19)8-15(20)12-2-3-17(24-9-12)25-7-5-13(18)11-25/h2-4,6,8-9,13,20,22H,5,7,10-11,19H2,1H3,(H2,21,23)/b6-4-,14-8?,20-15?/t13-/m0/s1. The number of nitrogens with zero attached hydrogens (tertiary/aromatic N) is 3. The largest absolute Gasteiger partial charge is 0.400 e. The van der Waals surface area contributed by atoms with E-state index in [0.717, 1.165) is 5.82 Å². The molecule has 7 nitrogen and oxygen atoms in total. The molecule has 0 saturated carbocycles. The molecule has 2 heterocycles. The lowest BCUT2D eigenvalue weighted by Gasteiger charge is -2.16. The van der Waals surface area contributed by atoms with Crippen LogP contribution in [0.2, 0.25) is 0 Å². The van der Waals surface area contributed by atoms with Gasteiger partial charge in [0.25, 0.3) is 0 Å². The average Bonchev–Trinajstić information content (AvgIpc) is 3.04. The molecule has 25 heavy (non-hydrogen) atoms. The first-order chi connectivity index (χ1) is 12.0. The van der Waals surface area contributed by atoms with E-state index in [0.29, 0.717) is 36.6 Å². The number of amidine groups is 1. The third-order valence-corrected chi connectivity index (χ3v) is 3.71. The molecule has 0 amide bonds. The number of nitrogens with one attached hydrogen (secondary N) is 2. The van der Waals surface area contributed by atoms with Crippen molar-refractivity contribution in [2.24, 2.45) is 16.5 Å². The van der Waals surface area contributed by atoms with Crippen molar-refractivity contribution in [3.05, 3.63) is 47.9 Å². The second kappa shape index (κ2) is 8.81. The Balaban J connectivity index is 1.96. The lowest BCUT2D eigenvalue weighted by atomic mass is 10.1. The van der Waals surface area contributed by atoms with E-state index in [9.17, 15) is 4.39 Å². The normalized spacial score (nSPS) is 18.8. The Morgan fingerprint density at radius 3 is 2.92 bits per heavy atom. The summed E-state index contributed by atoms with van der Waals surface area (Å²) in [5.74, 6) is 1.07. The van der Waals surface area contributed by atoms with Gasteiger partial charge in [-0.05, 0) is 36.9 Å². The van der Waals surface area contributed by atoms with Crippen molar-refractivity contribution < 1.29 is 4.39 Å². The van der Waals surface area contributed by atoms with Gasteiger partial charge in [0.1, 0.15) is 17.8 Å². The molecule has 0 aromatic carbocycles. The highest BCUT2D eigenvalue weighted by atomic mass is 19.1. The average molecular weight is 345 g/mol. The molecule has 0 aliphatic carbocycles. The van der Waals surface area contributed by atoms with Crippen LogP contribution >= 0.6 is 0 Å². The Morgan fingerprint density at radius 2 is 2.32 bits per heavy atom. The van der Waals surface area contributed by atoms with Crippen LogP contribution in [-0.2, 0) is 0 Å². The summed E-state index contributed by atoms with van der Waals surface area (Å²) in [4.78, 5) is 10.3. The smallest absolute Gasteiger partial charge is 0.128 e. The molecule has 1 atom stereocenters. The van der Waals surface area contributed by atoms with Gasteiger partial charge in [0.05, 0.1) is 18.8 Å². The molecule has 0 unspecified atom stereocenters. The van der Waals surface area contributed by atoms with Gasteiger partial charge in [0.15, 0.2) is 0 Å². The number of hydrogen-bond donors (Lipinski definition) is 4. The van der Waals surface area contributed by atoms with Crippen LogP contribution in [0.5, 0.6) is 0 Å². The highest BCUT2D eigenvalue weighted by Gasteiger charge is 2.22. The maximum Gasteiger partial charge on any atom is 0.128 e. The van der Waals surface area contributed by atoms with Crippen molar-refractivity contribution in [1.29, 1.82) is 5.41 Å². The molecule has 0 bridgehead atoms. The Hall–Kier alpha value is -2.90. The Kier molecular flexibility index (Phi) is 6.50. The number of alkyl halides is 1. The van der Waals surface area contributed by atoms with Gasteiger partial charge in [-0.3, -0.25) is 4.99 Å². The zero-order valence-electron chi connectivity index (χ0n) is 14.2. The Bertz CT molecular complexity index is 679. The molecule has 1 aliphatic heterocycles. The van der Waals surface area contributed by atoms with Crippen LogP contribution in [0.15, 0.2) is 47.4 Å². The molecule has 2 rings (SSSR count). The molecule has 1 saturated heterocycles. The highest BCUT2D eigenvalue weighted by molar-refractivity contribution is 6.06. The Labute approximate surface area is 146 Å². The number of nitrogens with two attached hydrogens (primary N) is 2. The number of aromatic nitrogens is 1. The predicted molar refractivity (Wildman–Crippen MR) is 99.8 cm³/mol. The van der Waals surface area contributed by atoms with Crippen LogP contribution in [0, 0.1) is 5.41 Å². The molecule has 6 N–H and O–H groups in total. The fraction of sp³-hybridized carbons (Fsp3) is 0.353. The van der Waals surface area contributed by atoms with Gasteiger partial charge in [-0.1, -0.05) is 0 Å². The number of anilines is 1. The van der Waals surface area contributed by atoms with Crippen molar-refractivity contribution in [2.45, 2.75) is 12.6 Å². The maximum atomic E-state index is 13.3. The fourth-order valence-electron chi connectivity index (χ4n) is 2.38. The minimum Gasteiger partial charge on any atom is -0.400 e. The summed E-state index contributed by atoms with van der Waals surface area (Å²) < 4.78 is 13.3. The number of halogens is 1. The second-order valence-corrected chi connectivity index (χ2v) is 5.73. The number of allylic oxidation sites excluding steroid dienone is 1. The topological polar surface area (TPSA) is 116 Å². The SMILES string of the molecule is CN/C=C\C(N)=NCC(N)=CC(=N)c1ccc(N2CC[C@H](F)C2)nc1. The summed E-state index contributed by atoms with van der Waals surface area (Å²) in [6, 6.07) is 3.58. The van der Waals surface area contributed by atoms with Crippen LogP contribution in [0.4, 0.5) is 10.2 Å². The molecule has 1 aromatic rings. The van der Waals surface area contributed by atoms with Crippen molar-refractivity contribution in [2.75, 3.05) is 31.6 Å². The van der Waals surface area contributed by atoms with E-state index < -0.39 is 6.17 Å². The lowest BCUT2D eigenvalue weighted by molar-refractivity contribution is 0.364. The molecule has 1 aromatic heterocycles. The molecule has 1 fully saturated rings. The summed E-state index contributed by atoms with van der Waals surface area (Å²) in [6.45, 7) is 1.25. The Morgan fingerprint density at radius 1 is 1.52 bits per heavy atom. The molecule has 1 aliphatic rings. The zero-order chi connectivity index (χ0) is 18.2. The second-order valence-electron chi connectivity index (χ2n) is 5.73. The fourth-order valence-corrected chi connectivity index (χ4v) is 2.38. The highest BCUT2D eigenvalue weighted by Crippen LogP contribution is 2.20. The maximum absolute atomic E-state index is 13.3. The lowest BCUT2D eigenvalue weighted by Crippen LogP contribution is -2.21. The van der Waals surface area contributed by atoms with E-state index in [-0.39, 0.29) is 12.3 Å². The summed E-state index contributed by atoms with van der Waals surface area (Å²) in [7, 11) is 1.76. The van der Waals surface area contributed by atoms with Gasteiger partial charge in [-0.15, -0.1) is 0 Å². The van der Waals surface area contributed by atoms with Crippen LogP contribution < -0.4 is 21.7 Å². The summed E-state index contributed by atoms with van der Waals surface area (Å²) in [5, 5.41) is 10.9. The molecular formula is C17H24FN7. The predicted octanol–water partition coefficient (Wildman–Crippen LogP) is 0.931. The van der Waals surface area contributed by atoms with Crippen LogP contribution in [0.1, 0.15) is 12.0 Å². The van der Waals surface area contributed by atoms with Crippen molar-refractivity contribution >= 4 is 17.4 Å². The summed E-state index contributed by atoms with van der Waals surface area (Å²) in [6.07, 6.45) is 6.16. The van der Waals surface area contributed by atoms with E-state index in [1.54, 1.807) is 37.7 Å². The van der Waals surface area contributed by atoms with Crippen LogP contribution in [0.25, 0.3) is 0 Å². The van der Waals surface area contributed by atoms with Crippen LogP contribution in [-0.4, -0.2) is 49.4 Å². The summed E-state index contributed by atoms with van der Waals surface area (Å²) in [5.41, 5.74) is 12.9. The quantitative estimate of drug-likeness (QED) is 0.433. The van der Waals surface area contributed by atoms with Gasteiger partial charge in [0.2, 0.25) is 0 Å². The molecule has 8 heteroatoms. The third-order valence-electron chi connectivity index (χ3n) is 3.71. The van der Waals surface area contributed by atoms with Crippen molar-refractivity contribution in [1.82, 2.24) is 10.3 Å². The van der Waals surface area contributed by atoms with Gasteiger partial charge < -0.3 is 27.1 Å². The monoisotopic (exact) mass is 345 g/mol. The first-order valence-corrected chi connectivity index (χ1v) is 8.03. The van der Waals surface area contributed by atoms with Gasteiger partial charge in [-0.25, -0.2) is 9.37 Å². The molecule has 134 valence electrons. The minimum absolute atomic E-state index is 0.208. The third kappa shape index (κ3) is 5.59.